The van der Waals surface area contributed by atoms with Gasteiger partial charge >= 0.3 is 0 Å². The average Bonchev–Trinajstić information content (AvgIpc) is 2.26. The lowest BCUT2D eigenvalue weighted by Crippen LogP contribution is -2.49. The third-order valence-corrected chi connectivity index (χ3v) is 2.07. The number of hydrogen-bond donors (Lipinski definition) is 2. The summed E-state index contributed by atoms with van der Waals surface area (Å²) in [6, 6.07) is 0. The molecular weight excluding hydrogens is 182 g/mol. The van der Waals surface area contributed by atoms with Crippen LogP contribution >= 0.6 is 0 Å². The molecule has 0 spiro atoms. The monoisotopic (exact) mass is 197 g/mol. The van der Waals surface area contributed by atoms with Crippen molar-refractivity contribution in [2.75, 3.05) is 32.7 Å². The van der Waals surface area contributed by atoms with Crippen LogP contribution in [0.4, 0.5) is 0 Å². The molecule has 1 aliphatic rings. The van der Waals surface area contributed by atoms with Crippen LogP contribution in [0.25, 0.3) is 0 Å². The lowest BCUT2D eigenvalue weighted by Gasteiger charge is -2.27. The number of carbonyl (C=O) groups is 2. The molecule has 0 unspecified atom stereocenters. The van der Waals surface area contributed by atoms with Gasteiger partial charge in [-0.3, -0.25) is 9.59 Å². The van der Waals surface area contributed by atoms with Gasteiger partial charge in [0.25, 0.3) is 0 Å². The molecule has 1 saturated heterocycles. The number of nitrogens with zero attached hydrogens (tertiary/aromatic N) is 1. The molecule has 78 valence electrons. The van der Waals surface area contributed by atoms with E-state index < -0.39 is 0 Å². The molecule has 5 heteroatoms. The predicted molar refractivity (Wildman–Crippen MR) is 52.7 cm³/mol. The summed E-state index contributed by atoms with van der Waals surface area (Å²) in [6.45, 7) is 6.43. The Balaban J connectivity index is 2.26. The van der Waals surface area contributed by atoms with Crippen molar-refractivity contribution in [3.63, 3.8) is 0 Å². The highest BCUT2D eigenvalue weighted by molar-refractivity contribution is 5.90. The van der Waals surface area contributed by atoms with Crippen molar-refractivity contribution >= 4 is 11.8 Å². The molecule has 1 heterocycles. The Hall–Kier alpha value is -1.36. The van der Waals surface area contributed by atoms with Crippen LogP contribution < -0.4 is 10.6 Å². The highest BCUT2D eigenvalue weighted by Gasteiger charge is 2.15. The van der Waals surface area contributed by atoms with Crippen LogP contribution in [0.2, 0.25) is 0 Å². The number of nitrogens with one attached hydrogen (secondary N) is 2. The molecule has 1 rings (SSSR count). The third kappa shape index (κ3) is 3.18. The third-order valence-electron chi connectivity index (χ3n) is 2.07. The van der Waals surface area contributed by atoms with Gasteiger partial charge in [0.05, 0.1) is 6.54 Å². The summed E-state index contributed by atoms with van der Waals surface area (Å²) < 4.78 is 0. The predicted octanol–water partition coefficient (Wildman–Crippen LogP) is -1.28. The maximum atomic E-state index is 11.5. The minimum absolute atomic E-state index is 0.0401. The van der Waals surface area contributed by atoms with E-state index in [1.165, 1.54) is 0 Å². The molecule has 2 amide bonds. The summed E-state index contributed by atoms with van der Waals surface area (Å²) in [5.41, 5.74) is 0. The van der Waals surface area contributed by atoms with E-state index in [0.29, 0.717) is 13.1 Å². The molecular formula is C9H15N3O2. The first kappa shape index (κ1) is 10.7. The molecule has 0 saturated carbocycles. The molecule has 0 aromatic carbocycles. The average molecular weight is 197 g/mol. The molecule has 1 fully saturated rings. The van der Waals surface area contributed by atoms with Crippen molar-refractivity contribution in [1.29, 1.82) is 0 Å². The quantitative estimate of drug-likeness (QED) is 0.554. The summed E-state index contributed by atoms with van der Waals surface area (Å²) in [4.78, 5) is 24.0. The zero-order chi connectivity index (χ0) is 10.4. The highest BCUT2D eigenvalue weighted by atomic mass is 16.2. The number of rotatable bonds is 3. The van der Waals surface area contributed by atoms with E-state index in [2.05, 4.69) is 17.2 Å². The standard InChI is InChI=1S/C9H15N3O2/c1-2-8(13)11-7-9(14)12-5-3-10-4-6-12/h2,10H,1,3-7H2,(H,11,13). The van der Waals surface area contributed by atoms with E-state index in [9.17, 15) is 9.59 Å². The van der Waals surface area contributed by atoms with Crippen LogP contribution in [0.1, 0.15) is 0 Å². The molecule has 0 atom stereocenters. The Morgan fingerprint density at radius 3 is 2.64 bits per heavy atom. The van der Waals surface area contributed by atoms with Gasteiger partial charge in [0.15, 0.2) is 0 Å². The second kappa shape index (κ2) is 5.39. The molecule has 0 aliphatic carbocycles. The minimum Gasteiger partial charge on any atom is -0.343 e. The zero-order valence-electron chi connectivity index (χ0n) is 8.08. The van der Waals surface area contributed by atoms with Crippen LogP contribution in [-0.4, -0.2) is 49.4 Å². The fraction of sp³-hybridized carbons (Fsp3) is 0.556. The first-order valence-electron chi connectivity index (χ1n) is 4.63. The maximum absolute atomic E-state index is 11.5. The van der Waals surface area contributed by atoms with Crippen molar-refractivity contribution in [3.8, 4) is 0 Å². The van der Waals surface area contributed by atoms with Gasteiger partial charge in [-0.1, -0.05) is 6.58 Å². The Morgan fingerprint density at radius 1 is 1.43 bits per heavy atom. The van der Waals surface area contributed by atoms with Gasteiger partial charge in [-0.15, -0.1) is 0 Å². The van der Waals surface area contributed by atoms with E-state index >= 15 is 0 Å². The first-order valence-corrected chi connectivity index (χ1v) is 4.63. The van der Waals surface area contributed by atoms with Crippen LogP contribution in [0, 0.1) is 0 Å². The Bertz CT molecular complexity index is 234. The van der Waals surface area contributed by atoms with Crippen molar-refractivity contribution < 1.29 is 9.59 Å². The molecule has 0 radical (unpaired) electrons. The molecule has 14 heavy (non-hydrogen) atoms. The van der Waals surface area contributed by atoms with Crippen LogP contribution in [0.3, 0.4) is 0 Å². The second-order valence-corrected chi connectivity index (χ2v) is 3.05. The van der Waals surface area contributed by atoms with Gasteiger partial charge in [-0.05, 0) is 6.08 Å². The summed E-state index contributed by atoms with van der Waals surface area (Å²) in [6.07, 6.45) is 1.16. The lowest BCUT2D eigenvalue weighted by atomic mass is 10.3. The van der Waals surface area contributed by atoms with E-state index in [1.807, 2.05) is 0 Å². The summed E-state index contributed by atoms with van der Waals surface area (Å²) in [7, 11) is 0. The van der Waals surface area contributed by atoms with Crippen LogP contribution in [0.5, 0.6) is 0 Å². The van der Waals surface area contributed by atoms with Gasteiger partial charge in [0.2, 0.25) is 11.8 Å². The molecule has 0 aromatic rings. The van der Waals surface area contributed by atoms with Crippen molar-refractivity contribution in [2.45, 2.75) is 0 Å². The summed E-state index contributed by atoms with van der Waals surface area (Å²) in [5, 5.41) is 5.61. The zero-order valence-corrected chi connectivity index (χ0v) is 8.08. The van der Waals surface area contributed by atoms with Gasteiger partial charge in [-0.2, -0.15) is 0 Å². The number of hydrogen-bond acceptors (Lipinski definition) is 3. The topological polar surface area (TPSA) is 61.4 Å². The maximum Gasteiger partial charge on any atom is 0.243 e. The normalized spacial score (nSPS) is 16.1. The molecule has 5 nitrogen and oxygen atoms in total. The Labute approximate surface area is 83.1 Å². The fourth-order valence-corrected chi connectivity index (χ4v) is 1.26. The van der Waals surface area contributed by atoms with E-state index in [0.717, 1.165) is 19.2 Å². The molecule has 0 aromatic heterocycles. The van der Waals surface area contributed by atoms with Crippen molar-refractivity contribution in [1.82, 2.24) is 15.5 Å². The minimum atomic E-state index is -0.312. The molecule has 0 bridgehead atoms. The first-order chi connectivity index (χ1) is 6.74. The SMILES string of the molecule is C=CC(=O)NCC(=O)N1CCNCC1. The number of amides is 2. The second-order valence-electron chi connectivity index (χ2n) is 3.05. The van der Waals surface area contributed by atoms with Crippen LogP contribution in [0.15, 0.2) is 12.7 Å². The number of piperazine rings is 1. The van der Waals surface area contributed by atoms with E-state index in [-0.39, 0.29) is 18.4 Å². The van der Waals surface area contributed by atoms with Gasteiger partial charge in [-0.25, -0.2) is 0 Å². The highest BCUT2D eigenvalue weighted by Crippen LogP contribution is 1.92. The number of carbonyl (C=O) groups excluding carboxylic acids is 2. The molecule has 2 N–H and O–H groups in total. The van der Waals surface area contributed by atoms with E-state index in [1.54, 1.807) is 4.90 Å². The van der Waals surface area contributed by atoms with Crippen molar-refractivity contribution in [3.05, 3.63) is 12.7 Å². The fourth-order valence-electron chi connectivity index (χ4n) is 1.26. The van der Waals surface area contributed by atoms with Gasteiger partial charge < -0.3 is 15.5 Å². The van der Waals surface area contributed by atoms with E-state index in [4.69, 9.17) is 0 Å². The van der Waals surface area contributed by atoms with Gasteiger partial charge in [0.1, 0.15) is 0 Å². The lowest BCUT2D eigenvalue weighted by molar-refractivity contribution is -0.132. The largest absolute Gasteiger partial charge is 0.343 e. The summed E-state index contributed by atoms with van der Waals surface area (Å²) in [5.74, 6) is -0.352. The Morgan fingerprint density at radius 2 is 2.07 bits per heavy atom. The summed E-state index contributed by atoms with van der Waals surface area (Å²) >= 11 is 0. The molecule has 1 aliphatic heterocycles. The smallest absolute Gasteiger partial charge is 0.243 e. The van der Waals surface area contributed by atoms with Crippen LogP contribution in [-0.2, 0) is 9.59 Å². The Kier molecular flexibility index (Phi) is 4.12. The van der Waals surface area contributed by atoms with Gasteiger partial charge in [0, 0.05) is 26.2 Å². The van der Waals surface area contributed by atoms with Crippen molar-refractivity contribution in [2.24, 2.45) is 0 Å².